The van der Waals surface area contributed by atoms with E-state index in [9.17, 15) is 0 Å². The van der Waals surface area contributed by atoms with E-state index in [1.165, 1.54) is 16.7 Å². The fourth-order valence-electron chi connectivity index (χ4n) is 2.26. The highest BCUT2D eigenvalue weighted by Crippen LogP contribution is 2.19. The third-order valence-electron chi connectivity index (χ3n) is 3.19. The van der Waals surface area contributed by atoms with Crippen LogP contribution < -0.4 is 0 Å². The highest BCUT2D eigenvalue weighted by Gasteiger charge is 2.06. The van der Waals surface area contributed by atoms with Crippen LogP contribution in [0.1, 0.15) is 11.1 Å². The van der Waals surface area contributed by atoms with Crippen molar-refractivity contribution in [3.05, 3.63) is 78.1 Å². The van der Waals surface area contributed by atoms with Crippen LogP contribution in [0.25, 0.3) is 11.4 Å². The lowest BCUT2D eigenvalue weighted by Crippen LogP contribution is -2.00. The van der Waals surface area contributed by atoms with Crippen molar-refractivity contribution in [1.29, 1.82) is 0 Å². The minimum atomic E-state index is 0.851. The third-order valence-corrected chi connectivity index (χ3v) is 3.19. The molecule has 19 heavy (non-hydrogen) atoms. The van der Waals surface area contributed by atoms with Gasteiger partial charge in [-0.25, -0.2) is 4.98 Å². The summed E-state index contributed by atoms with van der Waals surface area (Å²) in [5.41, 5.74) is 3.71. The van der Waals surface area contributed by atoms with Crippen LogP contribution in [-0.2, 0) is 6.54 Å². The fourth-order valence-corrected chi connectivity index (χ4v) is 2.26. The first-order valence-electron chi connectivity index (χ1n) is 6.45. The summed E-state index contributed by atoms with van der Waals surface area (Å²) in [6, 6.07) is 18.9. The van der Waals surface area contributed by atoms with Crippen molar-refractivity contribution < 1.29 is 0 Å². The number of aryl methyl sites for hydroxylation is 1. The van der Waals surface area contributed by atoms with Gasteiger partial charge in [0.25, 0.3) is 0 Å². The zero-order chi connectivity index (χ0) is 13.1. The number of aromatic nitrogens is 2. The van der Waals surface area contributed by atoms with Crippen LogP contribution in [0.15, 0.2) is 67.0 Å². The van der Waals surface area contributed by atoms with Crippen LogP contribution in [-0.4, -0.2) is 9.55 Å². The molecule has 0 aliphatic rings. The van der Waals surface area contributed by atoms with E-state index in [0.717, 1.165) is 12.4 Å². The molecule has 0 amide bonds. The molecule has 2 heteroatoms. The normalized spacial score (nSPS) is 10.6. The highest BCUT2D eigenvalue weighted by molar-refractivity contribution is 5.56. The Balaban J connectivity index is 1.95. The number of nitrogens with zero attached hydrogens (tertiary/aromatic N) is 2. The summed E-state index contributed by atoms with van der Waals surface area (Å²) in [7, 11) is 0. The Hall–Kier alpha value is -2.35. The van der Waals surface area contributed by atoms with Crippen LogP contribution in [0, 0.1) is 6.92 Å². The van der Waals surface area contributed by atoms with Gasteiger partial charge in [0.15, 0.2) is 0 Å². The molecule has 0 spiro atoms. The number of rotatable bonds is 3. The topological polar surface area (TPSA) is 17.8 Å². The molecule has 0 aliphatic heterocycles. The van der Waals surface area contributed by atoms with E-state index < -0.39 is 0 Å². The van der Waals surface area contributed by atoms with Gasteiger partial charge in [0.1, 0.15) is 5.82 Å². The van der Waals surface area contributed by atoms with Crippen LogP contribution in [0.5, 0.6) is 0 Å². The summed E-state index contributed by atoms with van der Waals surface area (Å²) in [4.78, 5) is 4.49. The van der Waals surface area contributed by atoms with E-state index in [4.69, 9.17) is 0 Å². The Morgan fingerprint density at radius 3 is 2.63 bits per heavy atom. The Labute approximate surface area is 113 Å². The molecule has 2 nitrogen and oxygen atoms in total. The number of hydrogen-bond acceptors (Lipinski definition) is 1. The van der Waals surface area contributed by atoms with Crippen LogP contribution in [0.3, 0.4) is 0 Å². The van der Waals surface area contributed by atoms with E-state index in [1.807, 2.05) is 18.5 Å². The summed E-state index contributed by atoms with van der Waals surface area (Å²) in [6.45, 7) is 2.96. The number of hydrogen-bond donors (Lipinski definition) is 0. The van der Waals surface area contributed by atoms with E-state index in [0.29, 0.717) is 0 Å². The maximum Gasteiger partial charge on any atom is 0.140 e. The Morgan fingerprint density at radius 1 is 1.00 bits per heavy atom. The predicted molar refractivity (Wildman–Crippen MR) is 77.9 cm³/mol. The minimum Gasteiger partial charge on any atom is -0.327 e. The molecule has 0 fully saturated rings. The number of benzene rings is 2. The van der Waals surface area contributed by atoms with Crippen molar-refractivity contribution in [2.75, 3.05) is 0 Å². The lowest BCUT2D eigenvalue weighted by molar-refractivity contribution is 0.807. The average Bonchev–Trinajstić information content (AvgIpc) is 2.88. The second-order valence-corrected chi connectivity index (χ2v) is 4.73. The molecule has 1 heterocycles. The fraction of sp³-hybridized carbons (Fsp3) is 0.118. The van der Waals surface area contributed by atoms with Gasteiger partial charge < -0.3 is 4.57 Å². The molecule has 0 saturated heterocycles. The van der Waals surface area contributed by atoms with Gasteiger partial charge in [0, 0.05) is 24.5 Å². The Bertz CT molecular complexity index is 668. The average molecular weight is 248 g/mol. The van der Waals surface area contributed by atoms with E-state index in [2.05, 4.69) is 65.0 Å². The summed E-state index contributed by atoms with van der Waals surface area (Å²) in [6.07, 6.45) is 3.89. The lowest BCUT2D eigenvalue weighted by atomic mass is 10.1. The molecule has 0 atom stereocenters. The second-order valence-electron chi connectivity index (χ2n) is 4.73. The van der Waals surface area contributed by atoms with Crippen molar-refractivity contribution in [3.8, 4) is 11.4 Å². The SMILES string of the molecule is Cc1cccc(-c2nccn2Cc2ccccc2)c1. The van der Waals surface area contributed by atoms with Gasteiger partial charge in [-0.2, -0.15) is 0 Å². The monoisotopic (exact) mass is 248 g/mol. The van der Waals surface area contributed by atoms with Gasteiger partial charge >= 0.3 is 0 Å². The largest absolute Gasteiger partial charge is 0.327 e. The van der Waals surface area contributed by atoms with Crippen molar-refractivity contribution in [3.63, 3.8) is 0 Å². The minimum absolute atomic E-state index is 0.851. The zero-order valence-corrected chi connectivity index (χ0v) is 11.0. The highest BCUT2D eigenvalue weighted by atomic mass is 15.1. The molecule has 0 bridgehead atoms. The van der Waals surface area contributed by atoms with Gasteiger partial charge in [-0.15, -0.1) is 0 Å². The van der Waals surface area contributed by atoms with Crippen LogP contribution in [0.4, 0.5) is 0 Å². The van der Waals surface area contributed by atoms with Gasteiger partial charge in [-0.05, 0) is 18.6 Å². The molecule has 3 aromatic rings. The summed E-state index contributed by atoms with van der Waals surface area (Å²) >= 11 is 0. The summed E-state index contributed by atoms with van der Waals surface area (Å²) in [5.74, 6) is 1.02. The molecular formula is C17H16N2. The molecule has 0 aliphatic carbocycles. The van der Waals surface area contributed by atoms with Crippen LogP contribution in [0.2, 0.25) is 0 Å². The van der Waals surface area contributed by atoms with E-state index >= 15 is 0 Å². The Morgan fingerprint density at radius 2 is 1.84 bits per heavy atom. The molecule has 0 radical (unpaired) electrons. The first-order valence-corrected chi connectivity index (χ1v) is 6.45. The van der Waals surface area contributed by atoms with Gasteiger partial charge in [-0.1, -0.05) is 54.1 Å². The molecule has 2 aromatic carbocycles. The molecule has 94 valence electrons. The van der Waals surface area contributed by atoms with Crippen molar-refractivity contribution in [2.24, 2.45) is 0 Å². The van der Waals surface area contributed by atoms with Crippen molar-refractivity contribution in [1.82, 2.24) is 9.55 Å². The summed E-state index contributed by atoms with van der Waals surface area (Å²) < 4.78 is 2.18. The van der Waals surface area contributed by atoms with Gasteiger partial charge in [0.05, 0.1) is 0 Å². The van der Waals surface area contributed by atoms with E-state index in [-0.39, 0.29) is 0 Å². The van der Waals surface area contributed by atoms with E-state index in [1.54, 1.807) is 0 Å². The maximum absolute atomic E-state index is 4.49. The molecule has 1 aromatic heterocycles. The van der Waals surface area contributed by atoms with Crippen molar-refractivity contribution >= 4 is 0 Å². The molecule has 0 saturated carbocycles. The first-order chi connectivity index (χ1) is 9.33. The first kappa shape index (κ1) is 11.7. The molecular weight excluding hydrogens is 232 g/mol. The van der Waals surface area contributed by atoms with Gasteiger partial charge in [0.2, 0.25) is 0 Å². The Kier molecular flexibility index (Phi) is 3.15. The standard InChI is InChI=1S/C17H16N2/c1-14-6-5-9-16(12-14)17-18-10-11-19(17)13-15-7-3-2-4-8-15/h2-12H,13H2,1H3. The number of imidazole rings is 1. The predicted octanol–water partition coefficient (Wildman–Crippen LogP) is 3.91. The summed E-state index contributed by atoms with van der Waals surface area (Å²) in [5, 5.41) is 0. The van der Waals surface area contributed by atoms with Gasteiger partial charge in [-0.3, -0.25) is 0 Å². The molecule has 0 unspecified atom stereocenters. The molecule has 0 N–H and O–H groups in total. The smallest absolute Gasteiger partial charge is 0.140 e. The second kappa shape index (κ2) is 5.11. The zero-order valence-electron chi connectivity index (χ0n) is 11.0. The van der Waals surface area contributed by atoms with Crippen molar-refractivity contribution in [2.45, 2.75) is 13.5 Å². The molecule has 3 rings (SSSR count). The maximum atomic E-state index is 4.49. The van der Waals surface area contributed by atoms with Crippen LogP contribution >= 0.6 is 0 Å². The lowest BCUT2D eigenvalue weighted by Gasteiger charge is -2.08. The quantitative estimate of drug-likeness (QED) is 0.687. The third kappa shape index (κ3) is 2.58.